The Balaban J connectivity index is 2.25. The van der Waals surface area contributed by atoms with Crippen LogP contribution in [0.5, 0.6) is 0 Å². The Bertz CT molecular complexity index is 398. The summed E-state index contributed by atoms with van der Waals surface area (Å²) < 4.78 is 9.63. The molecule has 1 aromatic heterocycles. The summed E-state index contributed by atoms with van der Waals surface area (Å²) in [5.74, 6) is -0.0873. The normalized spacial score (nSPS) is 26.9. The van der Waals surface area contributed by atoms with E-state index in [1.165, 1.54) is 11.5 Å². The van der Waals surface area contributed by atoms with Crippen molar-refractivity contribution in [2.75, 3.05) is 0 Å². The summed E-state index contributed by atoms with van der Waals surface area (Å²) in [6.07, 6.45) is 0.732. The maximum absolute atomic E-state index is 12.2. The minimum atomic E-state index is -0.426. The van der Waals surface area contributed by atoms with E-state index in [0.29, 0.717) is 5.69 Å². The number of carbonyl (C=O) groups excluding carboxylic acids is 1. The number of hydrogen-bond acceptors (Lipinski definition) is 5. The Hall–Kier alpha value is -0.810. The van der Waals surface area contributed by atoms with E-state index in [0.717, 1.165) is 6.42 Å². The molecule has 4 nitrogen and oxygen atoms in total. The smallest absolute Gasteiger partial charge is 0.190 e. The fraction of sp³-hybridized carbons (Fsp3) is 0.727. The highest BCUT2D eigenvalue weighted by Crippen LogP contribution is 2.43. The van der Waals surface area contributed by atoms with Crippen LogP contribution in [0.15, 0.2) is 5.38 Å². The van der Waals surface area contributed by atoms with E-state index in [2.05, 4.69) is 9.59 Å². The standard InChI is InChI=1S/C11H16N2O2S/c1-10(2)5-7(11(3,4)15-10)9(14)8-6-16-13-12-8/h6-7H,5H2,1-4H3. The van der Waals surface area contributed by atoms with Crippen LogP contribution in [0.25, 0.3) is 0 Å². The number of carbonyl (C=O) groups is 1. The number of hydrogen-bond donors (Lipinski definition) is 0. The number of nitrogens with zero attached hydrogens (tertiary/aromatic N) is 2. The molecule has 0 saturated carbocycles. The van der Waals surface area contributed by atoms with Crippen LogP contribution in [-0.4, -0.2) is 26.6 Å². The fourth-order valence-electron chi connectivity index (χ4n) is 2.42. The van der Waals surface area contributed by atoms with Crippen LogP contribution in [0.3, 0.4) is 0 Å². The monoisotopic (exact) mass is 240 g/mol. The average molecular weight is 240 g/mol. The Morgan fingerprint density at radius 2 is 2.19 bits per heavy atom. The maximum atomic E-state index is 12.2. The zero-order valence-corrected chi connectivity index (χ0v) is 10.8. The lowest BCUT2D eigenvalue weighted by atomic mass is 9.83. The summed E-state index contributed by atoms with van der Waals surface area (Å²) in [5, 5.41) is 5.54. The number of ketones is 1. The van der Waals surface area contributed by atoms with Crippen molar-refractivity contribution in [2.24, 2.45) is 5.92 Å². The molecule has 0 aliphatic carbocycles. The highest BCUT2D eigenvalue weighted by molar-refractivity contribution is 7.03. The third-order valence-electron chi connectivity index (χ3n) is 3.00. The Morgan fingerprint density at radius 3 is 2.62 bits per heavy atom. The number of Topliss-reactive ketones (excluding diaryl/α,β-unsaturated/α-hetero) is 1. The fourth-order valence-corrected chi connectivity index (χ4v) is 2.87. The van der Waals surface area contributed by atoms with Gasteiger partial charge in [0.2, 0.25) is 0 Å². The van der Waals surface area contributed by atoms with Crippen LogP contribution in [0.1, 0.15) is 44.6 Å². The largest absolute Gasteiger partial charge is 0.369 e. The van der Waals surface area contributed by atoms with Crippen molar-refractivity contribution >= 4 is 17.3 Å². The van der Waals surface area contributed by atoms with Crippen LogP contribution in [0.4, 0.5) is 0 Å². The second-order valence-electron chi connectivity index (χ2n) is 5.38. The molecule has 0 spiro atoms. The third kappa shape index (κ3) is 2.01. The molecule has 0 aromatic carbocycles. The molecule has 1 unspecified atom stereocenters. The summed E-state index contributed by atoms with van der Waals surface area (Å²) in [6, 6.07) is 0. The molecule has 1 aliphatic rings. The van der Waals surface area contributed by atoms with Gasteiger partial charge < -0.3 is 4.74 Å². The molecule has 0 radical (unpaired) electrons. The van der Waals surface area contributed by atoms with Gasteiger partial charge in [0, 0.05) is 5.38 Å². The molecule has 5 heteroatoms. The van der Waals surface area contributed by atoms with Gasteiger partial charge in [-0.1, -0.05) is 4.49 Å². The molecule has 1 saturated heterocycles. The van der Waals surface area contributed by atoms with Gasteiger partial charge in [-0.3, -0.25) is 4.79 Å². The molecule has 1 atom stereocenters. The lowest BCUT2D eigenvalue weighted by Crippen LogP contribution is -2.34. The van der Waals surface area contributed by atoms with Crippen LogP contribution < -0.4 is 0 Å². The molecular formula is C11H16N2O2S. The molecule has 2 heterocycles. The van der Waals surface area contributed by atoms with Gasteiger partial charge in [0.05, 0.1) is 17.1 Å². The summed E-state index contributed by atoms with van der Waals surface area (Å²) >= 11 is 1.20. The van der Waals surface area contributed by atoms with Crippen LogP contribution in [-0.2, 0) is 4.74 Å². The first-order chi connectivity index (χ1) is 7.32. The van der Waals surface area contributed by atoms with Crippen molar-refractivity contribution in [3.63, 3.8) is 0 Å². The number of aromatic nitrogens is 2. The lowest BCUT2D eigenvalue weighted by Gasteiger charge is -2.26. The molecule has 88 valence electrons. The van der Waals surface area contributed by atoms with Crippen LogP contribution in [0.2, 0.25) is 0 Å². The van der Waals surface area contributed by atoms with Crippen LogP contribution >= 0.6 is 11.5 Å². The zero-order valence-electron chi connectivity index (χ0n) is 9.98. The lowest BCUT2D eigenvalue weighted by molar-refractivity contribution is -0.0712. The molecule has 1 aromatic rings. The van der Waals surface area contributed by atoms with Gasteiger partial charge in [-0.15, -0.1) is 5.10 Å². The summed E-state index contributed by atoms with van der Waals surface area (Å²) in [5.41, 5.74) is -0.207. The van der Waals surface area contributed by atoms with E-state index >= 15 is 0 Å². The molecule has 0 amide bonds. The highest BCUT2D eigenvalue weighted by atomic mass is 32.1. The van der Waals surface area contributed by atoms with Crippen molar-refractivity contribution in [2.45, 2.75) is 45.3 Å². The first-order valence-electron chi connectivity index (χ1n) is 5.33. The molecule has 1 fully saturated rings. The van der Waals surface area contributed by atoms with Crippen LogP contribution in [0, 0.1) is 5.92 Å². The molecule has 1 aliphatic heterocycles. The van der Waals surface area contributed by atoms with E-state index in [9.17, 15) is 4.79 Å². The SMILES string of the molecule is CC1(C)CC(C(=O)c2csnn2)C(C)(C)O1. The van der Waals surface area contributed by atoms with Gasteiger partial charge in [-0.05, 0) is 45.6 Å². The van der Waals surface area contributed by atoms with E-state index in [4.69, 9.17) is 4.74 Å². The van der Waals surface area contributed by atoms with Crippen molar-refractivity contribution in [3.8, 4) is 0 Å². The first kappa shape index (κ1) is 11.7. The topological polar surface area (TPSA) is 52.1 Å². The second-order valence-corrected chi connectivity index (χ2v) is 5.99. The van der Waals surface area contributed by atoms with Gasteiger partial charge in [0.25, 0.3) is 0 Å². The number of rotatable bonds is 2. The van der Waals surface area contributed by atoms with Gasteiger partial charge in [0.1, 0.15) is 5.69 Å². The van der Waals surface area contributed by atoms with Crippen molar-refractivity contribution < 1.29 is 9.53 Å². The quantitative estimate of drug-likeness (QED) is 0.744. The summed E-state index contributed by atoms with van der Waals surface area (Å²) in [6.45, 7) is 7.96. The summed E-state index contributed by atoms with van der Waals surface area (Å²) in [4.78, 5) is 12.2. The number of ether oxygens (including phenoxy) is 1. The Kier molecular flexibility index (Phi) is 2.62. The highest BCUT2D eigenvalue weighted by Gasteiger charge is 2.49. The molecular weight excluding hydrogens is 224 g/mol. The van der Waals surface area contributed by atoms with E-state index in [1.54, 1.807) is 5.38 Å². The van der Waals surface area contributed by atoms with Crippen molar-refractivity contribution in [3.05, 3.63) is 11.1 Å². The molecule has 16 heavy (non-hydrogen) atoms. The predicted octanol–water partition coefficient (Wildman–Crippen LogP) is 2.31. The Morgan fingerprint density at radius 1 is 1.50 bits per heavy atom. The zero-order chi connectivity index (χ0) is 12.0. The minimum absolute atomic E-state index is 0.0457. The first-order valence-corrected chi connectivity index (χ1v) is 6.17. The third-order valence-corrected chi connectivity index (χ3v) is 3.51. The van der Waals surface area contributed by atoms with Crippen molar-refractivity contribution in [1.82, 2.24) is 9.59 Å². The van der Waals surface area contributed by atoms with Gasteiger partial charge in [-0.2, -0.15) is 0 Å². The predicted molar refractivity (Wildman–Crippen MR) is 61.6 cm³/mol. The van der Waals surface area contributed by atoms with Gasteiger partial charge in [0.15, 0.2) is 5.78 Å². The van der Waals surface area contributed by atoms with Crippen molar-refractivity contribution in [1.29, 1.82) is 0 Å². The van der Waals surface area contributed by atoms with Gasteiger partial charge >= 0.3 is 0 Å². The average Bonchev–Trinajstić information content (AvgIpc) is 2.69. The molecule has 0 N–H and O–H groups in total. The van der Waals surface area contributed by atoms with Gasteiger partial charge in [-0.25, -0.2) is 0 Å². The molecule has 0 bridgehead atoms. The minimum Gasteiger partial charge on any atom is -0.369 e. The van der Waals surface area contributed by atoms with E-state index in [1.807, 2.05) is 27.7 Å². The Labute approximate surface area is 99.2 Å². The summed E-state index contributed by atoms with van der Waals surface area (Å²) in [7, 11) is 0. The molecule has 2 rings (SSSR count). The second kappa shape index (κ2) is 3.60. The van der Waals surface area contributed by atoms with E-state index < -0.39 is 5.60 Å². The van der Waals surface area contributed by atoms with E-state index in [-0.39, 0.29) is 17.3 Å². The maximum Gasteiger partial charge on any atom is 0.190 e.